The van der Waals surface area contributed by atoms with Gasteiger partial charge in [-0.25, -0.2) is 4.79 Å². The van der Waals surface area contributed by atoms with Crippen molar-refractivity contribution in [2.75, 3.05) is 20.8 Å². The van der Waals surface area contributed by atoms with E-state index < -0.39 is 12.1 Å². The van der Waals surface area contributed by atoms with E-state index in [2.05, 4.69) is 5.32 Å². The van der Waals surface area contributed by atoms with Gasteiger partial charge in [-0.3, -0.25) is 4.79 Å². The second-order valence-electron chi connectivity index (χ2n) is 5.13. The topological polar surface area (TPSA) is 73.9 Å². The van der Waals surface area contributed by atoms with Crippen molar-refractivity contribution in [2.24, 2.45) is 0 Å². The first-order valence-electron chi connectivity index (χ1n) is 7.53. The zero-order valence-electron chi connectivity index (χ0n) is 13.3. The highest BCUT2D eigenvalue weighted by Gasteiger charge is 2.23. The second-order valence-corrected chi connectivity index (χ2v) is 5.13. The highest BCUT2D eigenvalue weighted by atomic mass is 16.5. The Morgan fingerprint density at radius 2 is 2.09 bits per heavy atom. The van der Waals surface area contributed by atoms with Gasteiger partial charge in [0.15, 0.2) is 17.6 Å². The summed E-state index contributed by atoms with van der Waals surface area (Å²) in [6, 6.07) is 5.36. The third-order valence-corrected chi connectivity index (χ3v) is 3.58. The van der Waals surface area contributed by atoms with Crippen LogP contribution in [-0.4, -0.2) is 38.7 Å². The lowest BCUT2D eigenvalue weighted by molar-refractivity contribution is -0.151. The number of benzene rings is 1. The van der Waals surface area contributed by atoms with Crippen LogP contribution in [0.5, 0.6) is 11.5 Å². The Balaban J connectivity index is 2.05. The van der Waals surface area contributed by atoms with Gasteiger partial charge >= 0.3 is 5.97 Å². The number of hydrogen-bond acceptors (Lipinski definition) is 5. The van der Waals surface area contributed by atoms with E-state index in [9.17, 15) is 9.59 Å². The Kier molecular flexibility index (Phi) is 6.02. The number of carbonyl (C=O) groups excluding carboxylic acids is 2. The molecular formula is C17H21NO5. The smallest absolute Gasteiger partial charge is 0.331 e. The normalized spacial score (nSPS) is 18.2. The fourth-order valence-electron chi connectivity index (χ4n) is 2.40. The van der Waals surface area contributed by atoms with Crippen LogP contribution in [0.4, 0.5) is 0 Å². The predicted octanol–water partition coefficient (Wildman–Crippen LogP) is 1.93. The molecule has 0 saturated carbocycles. The summed E-state index contributed by atoms with van der Waals surface area (Å²) < 4.78 is 15.7. The van der Waals surface area contributed by atoms with E-state index in [-0.39, 0.29) is 5.91 Å². The van der Waals surface area contributed by atoms with Crippen LogP contribution in [-0.2, 0) is 14.3 Å². The van der Waals surface area contributed by atoms with Crippen molar-refractivity contribution in [1.82, 2.24) is 5.32 Å². The number of esters is 1. The molecule has 6 heteroatoms. The van der Waals surface area contributed by atoms with E-state index in [1.165, 1.54) is 13.2 Å². The van der Waals surface area contributed by atoms with Crippen LogP contribution in [0.2, 0.25) is 0 Å². The second kappa shape index (κ2) is 8.22. The number of ether oxygens (including phenoxy) is 3. The number of para-hydroxylation sites is 1. The maximum Gasteiger partial charge on any atom is 0.331 e. The van der Waals surface area contributed by atoms with Gasteiger partial charge in [-0.15, -0.1) is 0 Å². The number of nitrogens with one attached hydrogen (secondary N) is 1. The summed E-state index contributed by atoms with van der Waals surface area (Å²) in [5.41, 5.74) is 0.689. The summed E-state index contributed by atoms with van der Waals surface area (Å²) >= 11 is 0. The molecule has 1 N–H and O–H groups in total. The molecule has 0 spiro atoms. The Labute approximate surface area is 135 Å². The van der Waals surface area contributed by atoms with Crippen molar-refractivity contribution in [3.05, 3.63) is 29.8 Å². The number of hydrogen-bond donors (Lipinski definition) is 1. The van der Waals surface area contributed by atoms with Crippen molar-refractivity contribution in [3.63, 3.8) is 0 Å². The Morgan fingerprint density at radius 3 is 2.83 bits per heavy atom. The first-order chi connectivity index (χ1) is 11.2. The molecule has 6 nitrogen and oxygen atoms in total. The highest BCUT2D eigenvalue weighted by Crippen LogP contribution is 2.31. The lowest BCUT2D eigenvalue weighted by Gasteiger charge is -2.13. The van der Waals surface area contributed by atoms with Gasteiger partial charge < -0.3 is 19.5 Å². The van der Waals surface area contributed by atoms with E-state index in [0.717, 1.165) is 12.8 Å². The van der Waals surface area contributed by atoms with E-state index in [1.54, 1.807) is 31.4 Å². The van der Waals surface area contributed by atoms with Crippen molar-refractivity contribution >= 4 is 18.0 Å². The van der Waals surface area contributed by atoms with Crippen LogP contribution >= 0.6 is 0 Å². The monoisotopic (exact) mass is 319 g/mol. The summed E-state index contributed by atoms with van der Waals surface area (Å²) in [5.74, 6) is 0.317. The molecule has 1 aliphatic heterocycles. The maximum atomic E-state index is 11.9. The average molecular weight is 319 g/mol. The van der Waals surface area contributed by atoms with E-state index >= 15 is 0 Å². The SMILES string of the molecule is COc1cccc(/C=C/C(=O)OC2CCCCNC2=O)c1OC. The summed E-state index contributed by atoms with van der Waals surface area (Å²) in [5, 5.41) is 2.73. The molecule has 0 aliphatic carbocycles. The van der Waals surface area contributed by atoms with E-state index in [0.29, 0.717) is 30.0 Å². The molecule has 1 unspecified atom stereocenters. The van der Waals surface area contributed by atoms with Crippen molar-refractivity contribution in [3.8, 4) is 11.5 Å². The summed E-state index contributed by atoms with van der Waals surface area (Å²) in [7, 11) is 3.08. The first kappa shape index (κ1) is 16.9. The lowest BCUT2D eigenvalue weighted by atomic mass is 10.1. The number of carbonyl (C=O) groups is 2. The van der Waals surface area contributed by atoms with Crippen molar-refractivity contribution in [1.29, 1.82) is 0 Å². The summed E-state index contributed by atoms with van der Waals surface area (Å²) in [6.07, 6.45) is 4.45. The van der Waals surface area contributed by atoms with Crippen LogP contribution in [0.1, 0.15) is 24.8 Å². The summed E-state index contributed by atoms with van der Waals surface area (Å²) in [4.78, 5) is 23.7. The molecule has 0 radical (unpaired) electrons. The van der Waals surface area contributed by atoms with E-state index in [1.807, 2.05) is 0 Å². The molecule has 1 aromatic carbocycles. The van der Waals surface area contributed by atoms with Gasteiger partial charge in [0.05, 0.1) is 14.2 Å². The minimum atomic E-state index is -0.721. The fourth-order valence-corrected chi connectivity index (χ4v) is 2.40. The van der Waals surface area contributed by atoms with Gasteiger partial charge in [0.1, 0.15) is 0 Å². The van der Waals surface area contributed by atoms with Gasteiger partial charge in [0, 0.05) is 18.2 Å². The zero-order valence-corrected chi connectivity index (χ0v) is 13.3. The van der Waals surface area contributed by atoms with Crippen LogP contribution in [0.25, 0.3) is 6.08 Å². The lowest BCUT2D eigenvalue weighted by Crippen LogP contribution is -2.35. The molecule has 1 amide bonds. The standard InChI is InChI=1S/C17H21NO5/c1-21-13-8-5-6-12(16(13)22-2)9-10-15(19)23-14-7-3-4-11-18-17(14)20/h5-6,8-10,14H,3-4,7,11H2,1-2H3,(H,18,20)/b10-9+. The molecule has 1 atom stereocenters. The van der Waals surface area contributed by atoms with Crippen LogP contribution < -0.4 is 14.8 Å². The van der Waals surface area contributed by atoms with Crippen molar-refractivity contribution < 1.29 is 23.8 Å². The molecule has 1 heterocycles. The largest absolute Gasteiger partial charge is 0.493 e. The Bertz CT molecular complexity index is 597. The van der Waals surface area contributed by atoms with Gasteiger partial charge in [-0.1, -0.05) is 12.1 Å². The molecule has 0 bridgehead atoms. The number of amides is 1. The van der Waals surface area contributed by atoms with Gasteiger partial charge in [0.2, 0.25) is 0 Å². The van der Waals surface area contributed by atoms with E-state index in [4.69, 9.17) is 14.2 Å². The van der Waals surface area contributed by atoms with Gasteiger partial charge in [-0.05, 0) is 31.4 Å². The minimum Gasteiger partial charge on any atom is -0.493 e. The molecule has 23 heavy (non-hydrogen) atoms. The molecule has 0 aromatic heterocycles. The molecule has 1 aliphatic rings. The van der Waals surface area contributed by atoms with Crippen LogP contribution in [0.3, 0.4) is 0 Å². The number of rotatable bonds is 5. The minimum absolute atomic E-state index is 0.233. The molecule has 1 aromatic rings. The third-order valence-electron chi connectivity index (χ3n) is 3.58. The maximum absolute atomic E-state index is 11.9. The quantitative estimate of drug-likeness (QED) is 0.663. The molecule has 1 saturated heterocycles. The zero-order chi connectivity index (χ0) is 16.7. The Morgan fingerprint density at radius 1 is 1.26 bits per heavy atom. The predicted molar refractivity (Wildman–Crippen MR) is 85.3 cm³/mol. The summed E-state index contributed by atoms with van der Waals surface area (Å²) in [6.45, 7) is 0.629. The fraction of sp³-hybridized carbons (Fsp3) is 0.412. The molecule has 1 fully saturated rings. The molecule has 2 rings (SSSR count). The Hall–Kier alpha value is -2.50. The average Bonchev–Trinajstić information content (AvgIpc) is 2.77. The highest BCUT2D eigenvalue weighted by molar-refractivity contribution is 5.91. The molecule has 124 valence electrons. The van der Waals surface area contributed by atoms with Crippen LogP contribution in [0.15, 0.2) is 24.3 Å². The first-order valence-corrected chi connectivity index (χ1v) is 7.53. The van der Waals surface area contributed by atoms with Gasteiger partial charge in [-0.2, -0.15) is 0 Å². The van der Waals surface area contributed by atoms with Crippen molar-refractivity contribution in [2.45, 2.75) is 25.4 Å². The molecular weight excluding hydrogens is 298 g/mol. The third kappa shape index (κ3) is 4.48. The van der Waals surface area contributed by atoms with Crippen LogP contribution in [0, 0.1) is 0 Å². The van der Waals surface area contributed by atoms with Gasteiger partial charge in [0.25, 0.3) is 5.91 Å². The number of methoxy groups -OCH3 is 2.